The molecular weight excluding hydrogens is 486 g/mol. The highest BCUT2D eigenvalue weighted by atomic mass is 32.2. The van der Waals surface area contributed by atoms with E-state index in [-0.39, 0.29) is 10.9 Å². The zero-order valence-corrected chi connectivity index (χ0v) is 21.4. The van der Waals surface area contributed by atoms with Gasteiger partial charge in [0.2, 0.25) is 0 Å². The zero-order valence-electron chi connectivity index (χ0n) is 20.6. The van der Waals surface area contributed by atoms with Crippen molar-refractivity contribution in [2.75, 3.05) is 4.90 Å². The van der Waals surface area contributed by atoms with Crippen molar-refractivity contribution in [2.24, 2.45) is 0 Å². The van der Waals surface area contributed by atoms with E-state index >= 15 is 0 Å². The van der Waals surface area contributed by atoms with Crippen LogP contribution >= 0.6 is 0 Å². The molecule has 4 aromatic rings. The standard InChI is InChI=1S/C29H29N3O4S/c1-21-8-2-7-13-28(21)37(34,35)31-29(33)32(24-10-4-5-11-24)25-16-18-26(19-17-25)36-20-23-15-14-22-9-3-6-12-27(22)30-23/h2-3,6-9,12-19,24H,4-5,10-11,20H2,1H3,(H,31,33). The molecule has 1 heterocycles. The summed E-state index contributed by atoms with van der Waals surface area (Å²) < 4.78 is 34.2. The molecule has 3 aromatic carbocycles. The van der Waals surface area contributed by atoms with Gasteiger partial charge in [-0.15, -0.1) is 0 Å². The maximum Gasteiger partial charge on any atom is 0.336 e. The first-order valence-electron chi connectivity index (χ1n) is 12.4. The molecule has 0 spiro atoms. The molecule has 8 heteroatoms. The largest absolute Gasteiger partial charge is 0.487 e. The quantitative estimate of drug-likeness (QED) is 0.328. The van der Waals surface area contributed by atoms with Crippen molar-refractivity contribution in [2.45, 2.75) is 50.2 Å². The summed E-state index contributed by atoms with van der Waals surface area (Å²) in [6.07, 6.45) is 3.64. The molecule has 7 nitrogen and oxygen atoms in total. The molecule has 1 aliphatic carbocycles. The van der Waals surface area contributed by atoms with E-state index in [0.717, 1.165) is 42.3 Å². The van der Waals surface area contributed by atoms with Crippen molar-refractivity contribution >= 4 is 32.6 Å². The normalized spacial score (nSPS) is 14.0. The van der Waals surface area contributed by atoms with Crippen LogP contribution < -0.4 is 14.4 Å². The molecular formula is C29H29N3O4S. The molecule has 1 aliphatic rings. The molecule has 1 aromatic heterocycles. The van der Waals surface area contributed by atoms with Crippen molar-refractivity contribution in [3.8, 4) is 5.75 Å². The number of anilines is 1. The fourth-order valence-corrected chi connectivity index (χ4v) is 5.97. The summed E-state index contributed by atoms with van der Waals surface area (Å²) in [6.45, 7) is 2.02. The van der Waals surface area contributed by atoms with Gasteiger partial charge in [-0.25, -0.2) is 22.9 Å². The highest BCUT2D eigenvalue weighted by Crippen LogP contribution is 2.30. The summed E-state index contributed by atoms with van der Waals surface area (Å²) in [6, 6.07) is 25.0. The maximum absolute atomic E-state index is 13.3. The Hall–Kier alpha value is -3.91. The van der Waals surface area contributed by atoms with E-state index < -0.39 is 16.1 Å². The number of hydrogen-bond acceptors (Lipinski definition) is 5. The van der Waals surface area contributed by atoms with E-state index in [1.807, 2.05) is 36.4 Å². The number of hydrogen-bond donors (Lipinski definition) is 1. The lowest BCUT2D eigenvalue weighted by molar-refractivity contribution is 0.248. The summed E-state index contributed by atoms with van der Waals surface area (Å²) in [5.74, 6) is 0.637. The number of fused-ring (bicyclic) bond motifs is 1. The fourth-order valence-electron chi connectivity index (χ4n) is 4.78. The van der Waals surface area contributed by atoms with Gasteiger partial charge in [-0.3, -0.25) is 4.90 Å². The Balaban J connectivity index is 1.32. The number of para-hydroxylation sites is 1. The number of nitrogens with zero attached hydrogens (tertiary/aromatic N) is 2. The molecule has 1 saturated carbocycles. The number of rotatable bonds is 7. The smallest absolute Gasteiger partial charge is 0.336 e. The van der Waals surface area contributed by atoms with Crippen molar-refractivity contribution in [1.29, 1.82) is 0 Å². The number of urea groups is 1. The molecule has 1 fully saturated rings. The number of nitrogens with one attached hydrogen (secondary N) is 1. The zero-order chi connectivity index (χ0) is 25.8. The van der Waals surface area contributed by atoms with Crippen LogP contribution in [0.5, 0.6) is 5.75 Å². The van der Waals surface area contributed by atoms with E-state index in [4.69, 9.17) is 4.74 Å². The van der Waals surface area contributed by atoms with Crippen LogP contribution in [0.4, 0.5) is 10.5 Å². The van der Waals surface area contributed by atoms with Crippen LogP contribution in [0.15, 0.2) is 89.8 Å². The molecule has 0 aliphatic heterocycles. The first-order chi connectivity index (χ1) is 17.9. The monoisotopic (exact) mass is 515 g/mol. The number of amides is 2. The third kappa shape index (κ3) is 5.59. The van der Waals surface area contributed by atoms with Crippen LogP contribution in [0.25, 0.3) is 10.9 Å². The number of benzene rings is 3. The van der Waals surface area contributed by atoms with Crippen LogP contribution in [-0.4, -0.2) is 25.5 Å². The number of aryl methyl sites for hydroxylation is 1. The molecule has 190 valence electrons. The molecule has 5 rings (SSSR count). The van der Waals surface area contributed by atoms with Gasteiger partial charge in [0.25, 0.3) is 10.0 Å². The van der Waals surface area contributed by atoms with Crippen molar-refractivity contribution in [1.82, 2.24) is 9.71 Å². The van der Waals surface area contributed by atoms with Gasteiger partial charge in [-0.2, -0.15) is 0 Å². The molecule has 0 saturated heterocycles. The summed E-state index contributed by atoms with van der Waals surface area (Å²) in [4.78, 5) is 19.6. The molecule has 1 N–H and O–H groups in total. The minimum Gasteiger partial charge on any atom is -0.487 e. The number of pyridine rings is 1. The Labute approximate surface area is 217 Å². The fraction of sp³-hybridized carbons (Fsp3) is 0.241. The minimum atomic E-state index is -4.01. The number of ether oxygens (including phenoxy) is 1. The van der Waals surface area contributed by atoms with Gasteiger partial charge in [-0.05, 0) is 67.8 Å². The van der Waals surface area contributed by atoms with Gasteiger partial charge in [0.15, 0.2) is 0 Å². The number of sulfonamides is 1. The number of aromatic nitrogens is 1. The second-order valence-corrected chi connectivity index (χ2v) is 10.9. The number of carbonyl (C=O) groups is 1. The van der Waals surface area contributed by atoms with Gasteiger partial charge in [-0.1, -0.05) is 55.3 Å². The van der Waals surface area contributed by atoms with E-state index in [1.54, 1.807) is 54.3 Å². The SMILES string of the molecule is Cc1ccccc1S(=O)(=O)NC(=O)N(c1ccc(OCc2ccc3ccccc3n2)cc1)C1CCCC1. The Morgan fingerprint density at radius 2 is 1.65 bits per heavy atom. The molecule has 37 heavy (non-hydrogen) atoms. The topological polar surface area (TPSA) is 88.6 Å². The predicted molar refractivity (Wildman–Crippen MR) is 144 cm³/mol. The average molecular weight is 516 g/mol. The third-order valence-electron chi connectivity index (χ3n) is 6.67. The van der Waals surface area contributed by atoms with Crippen LogP contribution in [-0.2, 0) is 16.6 Å². The summed E-state index contributed by atoms with van der Waals surface area (Å²) >= 11 is 0. The Morgan fingerprint density at radius 1 is 0.946 bits per heavy atom. The highest BCUT2D eigenvalue weighted by Gasteiger charge is 2.31. The second-order valence-electron chi connectivity index (χ2n) is 9.26. The second kappa shape index (κ2) is 10.6. The minimum absolute atomic E-state index is 0.0689. The Kier molecular flexibility index (Phi) is 7.10. The van der Waals surface area contributed by atoms with Crippen LogP contribution in [0.3, 0.4) is 0 Å². The summed E-state index contributed by atoms with van der Waals surface area (Å²) in [5.41, 5.74) is 2.94. The van der Waals surface area contributed by atoms with Crippen molar-refractivity contribution in [3.63, 3.8) is 0 Å². The number of carbonyl (C=O) groups excluding carboxylic acids is 1. The van der Waals surface area contributed by atoms with Crippen LogP contribution in [0, 0.1) is 6.92 Å². The highest BCUT2D eigenvalue weighted by molar-refractivity contribution is 7.90. The van der Waals surface area contributed by atoms with Crippen LogP contribution in [0.1, 0.15) is 36.9 Å². The van der Waals surface area contributed by atoms with E-state index in [9.17, 15) is 13.2 Å². The molecule has 0 atom stereocenters. The van der Waals surface area contributed by atoms with Gasteiger partial charge in [0, 0.05) is 17.1 Å². The predicted octanol–water partition coefficient (Wildman–Crippen LogP) is 5.97. The van der Waals surface area contributed by atoms with E-state index in [1.165, 1.54) is 6.07 Å². The van der Waals surface area contributed by atoms with E-state index in [0.29, 0.717) is 23.6 Å². The van der Waals surface area contributed by atoms with Gasteiger partial charge < -0.3 is 4.74 Å². The lowest BCUT2D eigenvalue weighted by Gasteiger charge is -2.29. The lowest BCUT2D eigenvalue weighted by atomic mass is 10.2. The van der Waals surface area contributed by atoms with Gasteiger partial charge >= 0.3 is 6.03 Å². The van der Waals surface area contributed by atoms with Gasteiger partial charge in [0.1, 0.15) is 12.4 Å². The molecule has 2 amide bonds. The van der Waals surface area contributed by atoms with Crippen molar-refractivity contribution < 1.29 is 17.9 Å². The molecule has 0 bridgehead atoms. The lowest BCUT2D eigenvalue weighted by Crippen LogP contribution is -2.47. The molecule has 0 unspecified atom stereocenters. The van der Waals surface area contributed by atoms with E-state index in [2.05, 4.69) is 9.71 Å². The first kappa shape index (κ1) is 24.8. The van der Waals surface area contributed by atoms with Crippen molar-refractivity contribution in [3.05, 3.63) is 96.2 Å². The first-order valence-corrected chi connectivity index (χ1v) is 13.9. The maximum atomic E-state index is 13.3. The Morgan fingerprint density at radius 3 is 2.41 bits per heavy atom. The third-order valence-corrected chi connectivity index (χ3v) is 8.15. The van der Waals surface area contributed by atoms with Gasteiger partial charge in [0.05, 0.1) is 16.1 Å². The molecule has 0 radical (unpaired) electrons. The van der Waals surface area contributed by atoms with Crippen LogP contribution in [0.2, 0.25) is 0 Å². The summed E-state index contributed by atoms with van der Waals surface area (Å²) in [5, 5.41) is 1.07. The summed E-state index contributed by atoms with van der Waals surface area (Å²) in [7, 11) is -4.01. The average Bonchev–Trinajstić information content (AvgIpc) is 3.42. The Bertz CT molecular complexity index is 1510.